The molecule has 0 aliphatic heterocycles. The molecule has 5 nitrogen and oxygen atoms in total. The molecule has 0 fully saturated rings. The van der Waals surface area contributed by atoms with Gasteiger partial charge in [0.2, 0.25) is 0 Å². The van der Waals surface area contributed by atoms with Crippen LogP contribution in [0.3, 0.4) is 0 Å². The van der Waals surface area contributed by atoms with Crippen LogP contribution in [0.15, 0.2) is 30.6 Å². The molecule has 0 unspecified atom stereocenters. The van der Waals surface area contributed by atoms with Crippen LogP contribution in [0.25, 0.3) is 5.65 Å². The molecule has 0 saturated heterocycles. The van der Waals surface area contributed by atoms with Crippen molar-refractivity contribution in [2.75, 3.05) is 13.2 Å². The highest BCUT2D eigenvalue weighted by molar-refractivity contribution is 7.62. The first-order chi connectivity index (χ1) is 8.21. The zero-order valence-electron chi connectivity index (χ0n) is 9.87. The Hall–Kier alpha value is -1.16. The maximum atomic E-state index is 12.6. The fourth-order valence-electron chi connectivity index (χ4n) is 1.67. The van der Waals surface area contributed by atoms with Crippen LogP contribution in [0.2, 0.25) is 0 Å². The Morgan fingerprint density at radius 3 is 2.65 bits per heavy atom. The molecule has 0 aliphatic rings. The molecular formula is C11H15N2O3P. The minimum absolute atomic E-state index is 0.336. The first kappa shape index (κ1) is 12.3. The maximum absolute atomic E-state index is 12.6. The highest BCUT2D eigenvalue weighted by Crippen LogP contribution is 2.46. The summed E-state index contributed by atoms with van der Waals surface area (Å²) in [6.45, 7) is 4.25. The summed E-state index contributed by atoms with van der Waals surface area (Å²) in [4.78, 5) is 4.14. The van der Waals surface area contributed by atoms with Crippen LogP contribution < -0.4 is 5.44 Å². The molecule has 0 N–H and O–H groups in total. The van der Waals surface area contributed by atoms with Gasteiger partial charge in [0, 0.05) is 12.4 Å². The molecule has 2 aromatic heterocycles. The van der Waals surface area contributed by atoms with Crippen molar-refractivity contribution in [3.63, 3.8) is 0 Å². The number of nitrogens with zero attached hydrogens (tertiary/aromatic N) is 2. The van der Waals surface area contributed by atoms with Gasteiger partial charge in [-0.25, -0.2) is 4.98 Å². The summed E-state index contributed by atoms with van der Waals surface area (Å²) < 4.78 is 25.0. The Labute approximate surface area is 99.9 Å². The van der Waals surface area contributed by atoms with Crippen molar-refractivity contribution in [2.45, 2.75) is 13.8 Å². The van der Waals surface area contributed by atoms with Crippen LogP contribution in [-0.2, 0) is 13.6 Å². The minimum atomic E-state index is -3.26. The van der Waals surface area contributed by atoms with Crippen molar-refractivity contribution in [3.8, 4) is 0 Å². The third kappa shape index (κ3) is 2.27. The molecule has 0 amide bonds. The predicted molar refractivity (Wildman–Crippen MR) is 65.7 cm³/mol. The summed E-state index contributed by atoms with van der Waals surface area (Å²) in [6, 6.07) is 5.37. The molecule has 2 aromatic rings. The summed E-state index contributed by atoms with van der Waals surface area (Å²) >= 11 is 0. The molecule has 0 aromatic carbocycles. The van der Waals surface area contributed by atoms with Crippen molar-refractivity contribution >= 4 is 18.7 Å². The molecule has 2 heterocycles. The Bertz CT molecular complexity index is 542. The number of aromatic nitrogens is 2. The van der Waals surface area contributed by atoms with Gasteiger partial charge in [0.1, 0.15) is 11.1 Å². The van der Waals surface area contributed by atoms with Crippen molar-refractivity contribution < 1.29 is 13.6 Å². The Morgan fingerprint density at radius 1 is 1.29 bits per heavy atom. The molecule has 0 atom stereocenters. The molecule has 0 saturated carbocycles. The van der Waals surface area contributed by atoms with Crippen LogP contribution in [0.1, 0.15) is 13.8 Å². The zero-order valence-corrected chi connectivity index (χ0v) is 10.8. The molecule has 92 valence electrons. The van der Waals surface area contributed by atoms with Crippen LogP contribution in [0.5, 0.6) is 0 Å². The molecule has 0 aliphatic carbocycles. The lowest BCUT2D eigenvalue weighted by atomic mass is 10.5. The fourth-order valence-corrected chi connectivity index (χ4v) is 3.39. The van der Waals surface area contributed by atoms with Gasteiger partial charge >= 0.3 is 7.60 Å². The normalized spacial score (nSPS) is 12.1. The van der Waals surface area contributed by atoms with Gasteiger partial charge in [0.05, 0.1) is 13.2 Å². The molecule has 17 heavy (non-hydrogen) atoms. The van der Waals surface area contributed by atoms with Gasteiger partial charge < -0.3 is 9.05 Å². The summed E-state index contributed by atoms with van der Waals surface area (Å²) in [5, 5.41) is 0. The topological polar surface area (TPSA) is 52.8 Å². The third-order valence-corrected chi connectivity index (χ3v) is 4.41. The molecule has 2 rings (SSSR count). The Kier molecular flexibility index (Phi) is 3.62. The third-order valence-electron chi connectivity index (χ3n) is 2.29. The lowest BCUT2D eigenvalue weighted by Gasteiger charge is -2.18. The zero-order chi connectivity index (χ0) is 12.3. The summed E-state index contributed by atoms with van der Waals surface area (Å²) in [5.74, 6) is 0. The highest BCUT2D eigenvalue weighted by Gasteiger charge is 2.29. The average Bonchev–Trinajstić information content (AvgIpc) is 2.77. The minimum Gasteiger partial charge on any atom is -0.304 e. The first-order valence-electron chi connectivity index (χ1n) is 5.53. The number of pyridine rings is 1. The first-order valence-corrected chi connectivity index (χ1v) is 7.07. The Balaban J connectivity index is 2.55. The van der Waals surface area contributed by atoms with E-state index in [9.17, 15) is 4.57 Å². The van der Waals surface area contributed by atoms with Crippen molar-refractivity contribution in [1.82, 2.24) is 9.38 Å². The van der Waals surface area contributed by atoms with Crippen LogP contribution >= 0.6 is 7.60 Å². The van der Waals surface area contributed by atoms with Crippen LogP contribution in [0.4, 0.5) is 0 Å². The average molecular weight is 254 g/mol. The summed E-state index contributed by atoms with van der Waals surface area (Å²) in [7, 11) is -3.26. The van der Waals surface area contributed by atoms with E-state index >= 15 is 0 Å². The van der Waals surface area contributed by atoms with Crippen LogP contribution in [-0.4, -0.2) is 22.6 Å². The maximum Gasteiger partial charge on any atom is 0.377 e. The number of hydrogen-bond acceptors (Lipinski definition) is 4. The Morgan fingerprint density at radius 2 is 2.00 bits per heavy atom. The van der Waals surface area contributed by atoms with E-state index in [0.717, 1.165) is 5.65 Å². The van der Waals surface area contributed by atoms with E-state index in [2.05, 4.69) is 4.98 Å². The van der Waals surface area contributed by atoms with Gasteiger partial charge in [-0.3, -0.25) is 8.97 Å². The monoisotopic (exact) mass is 254 g/mol. The standard InChI is InChI=1S/C11H15N2O3P/c1-3-15-17(14,16-4-2)11-7-5-6-10-12-8-9-13(10)11/h5-9H,3-4H2,1-2H3. The number of imidazole rings is 1. The fraction of sp³-hybridized carbons (Fsp3) is 0.364. The van der Waals surface area contributed by atoms with Gasteiger partial charge in [0.15, 0.2) is 0 Å². The predicted octanol–water partition coefficient (Wildman–Crippen LogP) is 2.23. The van der Waals surface area contributed by atoms with E-state index in [0.29, 0.717) is 18.6 Å². The SMILES string of the molecule is CCOP(=O)(OCC)c1cccc2nccn12. The summed E-state index contributed by atoms with van der Waals surface area (Å²) in [5.41, 5.74) is 1.23. The lowest BCUT2D eigenvalue weighted by molar-refractivity contribution is 0.229. The summed E-state index contributed by atoms with van der Waals surface area (Å²) in [6.07, 6.45) is 3.40. The van der Waals surface area contributed by atoms with Gasteiger partial charge in [-0.05, 0) is 26.0 Å². The number of hydrogen-bond donors (Lipinski definition) is 0. The van der Waals surface area contributed by atoms with E-state index < -0.39 is 7.60 Å². The molecule has 0 spiro atoms. The molecule has 0 bridgehead atoms. The van der Waals surface area contributed by atoms with Gasteiger partial charge in [0.25, 0.3) is 0 Å². The second kappa shape index (κ2) is 5.00. The van der Waals surface area contributed by atoms with E-state index in [1.807, 2.05) is 6.07 Å². The second-order valence-electron chi connectivity index (χ2n) is 3.37. The van der Waals surface area contributed by atoms with E-state index in [1.165, 1.54) is 0 Å². The van der Waals surface area contributed by atoms with Crippen molar-refractivity contribution in [3.05, 3.63) is 30.6 Å². The molecule has 0 radical (unpaired) electrons. The van der Waals surface area contributed by atoms with Crippen LogP contribution in [0, 0.1) is 0 Å². The van der Waals surface area contributed by atoms with E-state index in [4.69, 9.17) is 9.05 Å². The largest absolute Gasteiger partial charge is 0.377 e. The lowest BCUT2D eigenvalue weighted by Crippen LogP contribution is -2.17. The second-order valence-corrected chi connectivity index (χ2v) is 5.34. The molecular weight excluding hydrogens is 239 g/mol. The number of fused-ring (bicyclic) bond motifs is 1. The van der Waals surface area contributed by atoms with E-state index in [-0.39, 0.29) is 0 Å². The van der Waals surface area contributed by atoms with Crippen molar-refractivity contribution in [1.29, 1.82) is 0 Å². The van der Waals surface area contributed by atoms with E-state index in [1.54, 1.807) is 42.8 Å². The quantitative estimate of drug-likeness (QED) is 0.768. The molecule has 6 heteroatoms. The van der Waals surface area contributed by atoms with Crippen molar-refractivity contribution in [2.24, 2.45) is 0 Å². The number of rotatable bonds is 5. The highest BCUT2D eigenvalue weighted by atomic mass is 31.2. The smallest absolute Gasteiger partial charge is 0.304 e. The van der Waals surface area contributed by atoms with Gasteiger partial charge in [-0.1, -0.05) is 6.07 Å². The van der Waals surface area contributed by atoms with Gasteiger partial charge in [-0.15, -0.1) is 0 Å². The van der Waals surface area contributed by atoms with Gasteiger partial charge in [-0.2, -0.15) is 0 Å².